The molecule has 0 aliphatic rings. The lowest BCUT2D eigenvalue weighted by Crippen LogP contribution is -2.24. The van der Waals surface area contributed by atoms with Gasteiger partial charge in [0.05, 0.1) is 12.0 Å². The highest BCUT2D eigenvalue weighted by Gasteiger charge is 2.13. The van der Waals surface area contributed by atoms with E-state index < -0.39 is 5.97 Å². The number of hydrogen-bond donors (Lipinski definition) is 1. The Morgan fingerprint density at radius 1 is 1.24 bits per heavy atom. The van der Waals surface area contributed by atoms with Crippen LogP contribution in [0.1, 0.15) is 24.9 Å². The molecule has 1 amide bonds. The largest absolute Gasteiger partial charge is 0.465 e. The molecule has 1 N–H and O–H groups in total. The fraction of sp³-hybridized carbons (Fsp3) is 0.200. The van der Waals surface area contributed by atoms with E-state index in [0.717, 1.165) is 16.9 Å². The smallest absolute Gasteiger partial charge is 0.348 e. The second-order valence-corrected chi connectivity index (χ2v) is 5.81. The highest BCUT2D eigenvalue weighted by molar-refractivity contribution is 7.15. The molecule has 1 aromatic carbocycles. The zero-order valence-electron chi connectivity index (χ0n) is 11.4. The average molecular weight is 324 g/mol. The number of carbonyl (C=O) groups is 2. The Morgan fingerprint density at radius 2 is 2.00 bits per heavy atom. The molecule has 4 nitrogen and oxygen atoms in total. The van der Waals surface area contributed by atoms with Gasteiger partial charge in [0.2, 0.25) is 0 Å². The minimum absolute atomic E-state index is 0.197. The van der Waals surface area contributed by atoms with E-state index in [1.807, 2.05) is 24.3 Å². The predicted molar refractivity (Wildman–Crippen MR) is 83.1 cm³/mol. The fourth-order valence-corrected chi connectivity index (χ4v) is 2.82. The second kappa shape index (κ2) is 7.24. The van der Waals surface area contributed by atoms with Crippen LogP contribution in [0.4, 0.5) is 0 Å². The summed E-state index contributed by atoms with van der Waals surface area (Å²) in [4.78, 5) is 24.2. The van der Waals surface area contributed by atoms with Gasteiger partial charge in [0.25, 0.3) is 5.91 Å². The van der Waals surface area contributed by atoms with Crippen LogP contribution in [-0.4, -0.2) is 25.5 Å². The van der Waals surface area contributed by atoms with Crippen molar-refractivity contribution in [3.05, 3.63) is 56.7 Å². The monoisotopic (exact) mass is 323 g/mol. The Labute approximate surface area is 131 Å². The topological polar surface area (TPSA) is 55.4 Å². The first kappa shape index (κ1) is 15.5. The summed E-state index contributed by atoms with van der Waals surface area (Å²) >= 11 is 7.01. The Kier molecular flexibility index (Phi) is 5.36. The van der Waals surface area contributed by atoms with Crippen molar-refractivity contribution < 1.29 is 14.3 Å². The van der Waals surface area contributed by atoms with Gasteiger partial charge in [-0.2, -0.15) is 0 Å². The van der Waals surface area contributed by atoms with Crippen molar-refractivity contribution in [2.24, 2.45) is 0 Å². The molecule has 110 valence electrons. The van der Waals surface area contributed by atoms with E-state index >= 15 is 0 Å². The van der Waals surface area contributed by atoms with Crippen LogP contribution in [-0.2, 0) is 11.2 Å². The van der Waals surface area contributed by atoms with Gasteiger partial charge in [-0.15, -0.1) is 11.3 Å². The molecule has 0 aliphatic carbocycles. The average Bonchev–Trinajstić information content (AvgIpc) is 2.96. The number of hydrogen-bond acceptors (Lipinski definition) is 4. The van der Waals surface area contributed by atoms with Crippen LogP contribution in [0.2, 0.25) is 5.02 Å². The number of thiophene rings is 1. The third-order valence-electron chi connectivity index (χ3n) is 2.80. The molecule has 6 heteroatoms. The van der Waals surface area contributed by atoms with Gasteiger partial charge in [-0.3, -0.25) is 4.79 Å². The van der Waals surface area contributed by atoms with Crippen LogP contribution < -0.4 is 5.32 Å². The summed E-state index contributed by atoms with van der Waals surface area (Å²) in [5.74, 6) is -0.629. The van der Waals surface area contributed by atoms with E-state index in [4.69, 9.17) is 11.6 Å². The highest BCUT2D eigenvalue weighted by Crippen LogP contribution is 2.17. The maximum absolute atomic E-state index is 11.9. The Morgan fingerprint density at radius 3 is 2.71 bits per heavy atom. The minimum atomic E-state index is -0.432. The molecule has 2 rings (SSSR count). The van der Waals surface area contributed by atoms with Crippen LogP contribution in [0.3, 0.4) is 0 Å². The van der Waals surface area contributed by atoms with E-state index in [1.165, 1.54) is 7.11 Å². The molecule has 0 bridgehead atoms. The van der Waals surface area contributed by atoms with E-state index in [-0.39, 0.29) is 5.91 Å². The number of ether oxygens (including phenoxy) is 1. The zero-order chi connectivity index (χ0) is 15.2. The van der Waals surface area contributed by atoms with Gasteiger partial charge < -0.3 is 10.1 Å². The molecule has 0 saturated heterocycles. The van der Waals surface area contributed by atoms with Gasteiger partial charge in [-0.25, -0.2) is 4.79 Å². The van der Waals surface area contributed by atoms with Crippen LogP contribution >= 0.6 is 22.9 Å². The van der Waals surface area contributed by atoms with Crippen molar-refractivity contribution in [1.29, 1.82) is 0 Å². The fourth-order valence-electron chi connectivity index (χ4n) is 1.77. The summed E-state index contributed by atoms with van der Waals surface area (Å²) in [5, 5.41) is 3.49. The van der Waals surface area contributed by atoms with Crippen molar-refractivity contribution >= 4 is 34.8 Å². The number of nitrogens with one attached hydrogen (secondary N) is 1. The maximum atomic E-state index is 11.9. The molecular weight excluding hydrogens is 310 g/mol. The van der Waals surface area contributed by atoms with Crippen molar-refractivity contribution in [3.8, 4) is 0 Å². The van der Waals surface area contributed by atoms with Gasteiger partial charge in [0.15, 0.2) is 0 Å². The lowest BCUT2D eigenvalue weighted by molar-refractivity contribution is 0.0606. The van der Waals surface area contributed by atoms with E-state index in [9.17, 15) is 9.59 Å². The minimum Gasteiger partial charge on any atom is -0.465 e. The highest BCUT2D eigenvalue weighted by atomic mass is 35.5. The number of amides is 1. The van der Waals surface area contributed by atoms with Gasteiger partial charge in [0, 0.05) is 11.6 Å². The quantitative estimate of drug-likeness (QED) is 0.860. The lowest BCUT2D eigenvalue weighted by atomic mass is 10.1. The molecule has 0 saturated carbocycles. The third-order valence-corrected chi connectivity index (χ3v) is 4.10. The summed E-state index contributed by atoms with van der Waals surface area (Å²) in [5.41, 5.74) is 1.06. The number of methoxy groups -OCH3 is 1. The number of carbonyl (C=O) groups excluding carboxylic acids is 2. The molecule has 0 unspecified atom stereocenters. The standard InChI is InChI=1S/C15H14ClNO3S/c1-20-15(19)13-6-5-12(21-13)14(18)17-8-7-10-3-2-4-11(16)9-10/h2-6,9H,7-8H2,1H3,(H,17,18). The molecular formula is C15H14ClNO3S. The van der Waals surface area contributed by atoms with Crippen molar-refractivity contribution in [2.45, 2.75) is 6.42 Å². The van der Waals surface area contributed by atoms with E-state index in [2.05, 4.69) is 10.1 Å². The van der Waals surface area contributed by atoms with Crippen LogP contribution in [0.5, 0.6) is 0 Å². The summed E-state index contributed by atoms with van der Waals surface area (Å²) < 4.78 is 4.61. The van der Waals surface area contributed by atoms with Crippen molar-refractivity contribution in [1.82, 2.24) is 5.32 Å². The van der Waals surface area contributed by atoms with Gasteiger partial charge in [0.1, 0.15) is 4.88 Å². The van der Waals surface area contributed by atoms with Crippen LogP contribution in [0, 0.1) is 0 Å². The Hall–Kier alpha value is -1.85. The summed E-state index contributed by atoms with van der Waals surface area (Å²) in [7, 11) is 1.31. The van der Waals surface area contributed by atoms with Crippen molar-refractivity contribution in [3.63, 3.8) is 0 Å². The molecule has 0 atom stereocenters. The summed E-state index contributed by atoms with van der Waals surface area (Å²) in [6.07, 6.45) is 0.696. The first-order valence-corrected chi connectivity index (χ1v) is 7.50. The zero-order valence-corrected chi connectivity index (χ0v) is 13.0. The molecule has 21 heavy (non-hydrogen) atoms. The Bertz CT molecular complexity index is 654. The molecule has 0 radical (unpaired) electrons. The summed E-state index contributed by atoms with van der Waals surface area (Å²) in [6.45, 7) is 0.505. The van der Waals surface area contributed by atoms with E-state index in [0.29, 0.717) is 27.7 Å². The number of benzene rings is 1. The molecule has 1 heterocycles. The first-order chi connectivity index (χ1) is 10.1. The number of rotatable bonds is 5. The van der Waals surface area contributed by atoms with Crippen LogP contribution in [0.15, 0.2) is 36.4 Å². The second-order valence-electron chi connectivity index (χ2n) is 4.29. The maximum Gasteiger partial charge on any atom is 0.348 e. The SMILES string of the molecule is COC(=O)c1ccc(C(=O)NCCc2cccc(Cl)c2)s1. The molecule has 0 spiro atoms. The molecule has 2 aromatic rings. The molecule has 1 aromatic heterocycles. The number of halogens is 1. The van der Waals surface area contributed by atoms with Crippen molar-refractivity contribution in [2.75, 3.05) is 13.7 Å². The third kappa shape index (κ3) is 4.31. The lowest BCUT2D eigenvalue weighted by Gasteiger charge is -2.04. The molecule has 0 fully saturated rings. The predicted octanol–water partition coefficient (Wildman–Crippen LogP) is 3.16. The Balaban J connectivity index is 1.87. The van der Waals surface area contributed by atoms with Gasteiger partial charge in [-0.05, 0) is 36.2 Å². The van der Waals surface area contributed by atoms with Gasteiger partial charge >= 0.3 is 5.97 Å². The normalized spacial score (nSPS) is 10.2. The van der Waals surface area contributed by atoms with Gasteiger partial charge in [-0.1, -0.05) is 23.7 Å². The first-order valence-electron chi connectivity index (χ1n) is 6.31. The molecule has 0 aliphatic heterocycles. The summed E-state index contributed by atoms with van der Waals surface area (Å²) in [6, 6.07) is 10.7. The van der Waals surface area contributed by atoms with Crippen LogP contribution in [0.25, 0.3) is 0 Å². The number of esters is 1. The van der Waals surface area contributed by atoms with E-state index in [1.54, 1.807) is 12.1 Å².